The number of hydrogen-bond acceptors (Lipinski definition) is 10. The van der Waals surface area contributed by atoms with Gasteiger partial charge in [-0.25, -0.2) is 19.6 Å². The Hall–Kier alpha value is -6.77. The molecular formula is C36H36N8O7. The number of esters is 1. The van der Waals surface area contributed by atoms with Crippen LogP contribution in [0.15, 0.2) is 96.1 Å². The molecule has 2 heterocycles. The number of carbonyl (C=O) groups excluding carboxylic acids is 4. The first-order valence-corrected chi connectivity index (χ1v) is 15.7. The molecule has 3 amide bonds. The Morgan fingerprint density at radius 1 is 0.902 bits per heavy atom. The van der Waals surface area contributed by atoms with E-state index in [0.717, 1.165) is 17.0 Å². The fraction of sp³-hybridized carbons (Fsp3) is 0.194. The van der Waals surface area contributed by atoms with Crippen molar-refractivity contribution in [1.29, 1.82) is 0 Å². The summed E-state index contributed by atoms with van der Waals surface area (Å²) in [6.07, 6.45) is 0.171. The third-order valence-electron chi connectivity index (χ3n) is 7.75. The van der Waals surface area contributed by atoms with Crippen LogP contribution in [0.5, 0.6) is 0 Å². The number of rotatable bonds is 12. The average molecular weight is 693 g/mol. The summed E-state index contributed by atoms with van der Waals surface area (Å²) >= 11 is 0. The molecule has 0 aliphatic carbocycles. The number of fused-ring (bicyclic) bond motifs is 1. The lowest BCUT2D eigenvalue weighted by atomic mass is 10.1. The zero-order chi connectivity index (χ0) is 36.3. The van der Waals surface area contributed by atoms with E-state index in [-0.39, 0.29) is 31.3 Å². The fourth-order valence-electron chi connectivity index (χ4n) is 4.97. The molecule has 0 bridgehead atoms. The van der Waals surface area contributed by atoms with Crippen LogP contribution in [-0.4, -0.2) is 65.2 Å². The Morgan fingerprint density at radius 3 is 2.31 bits per heavy atom. The molecule has 5 aromatic rings. The van der Waals surface area contributed by atoms with Crippen molar-refractivity contribution >= 4 is 58.1 Å². The Morgan fingerprint density at radius 2 is 1.63 bits per heavy atom. The second kappa shape index (κ2) is 16.6. The van der Waals surface area contributed by atoms with Crippen LogP contribution in [0, 0.1) is 0 Å². The first-order chi connectivity index (χ1) is 24.6. The van der Waals surface area contributed by atoms with Gasteiger partial charge in [-0.3, -0.25) is 19.8 Å². The fourth-order valence-corrected chi connectivity index (χ4v) is 4.97. The Kier molecular flexibility index (Phi) is 11.5. The van der Waals surface area contributed by atoms with Crippen molar-refractivity contribution in [2.24, 2.45) is 17.8 Å². The van der Waals surface area contributed by atoms with Crippen LogP contribution in [0.1, 0.15) is 33.7 Å². The van der Waals surface area contributed by atoms with E-state index in [1.807, 2.05) is 17.7 Å². The molecule has 0 aliphatic rings. The second-order valence-electron chi connectivity index (χ2n) is 11.1. The molecule has 0 unspecified atom stereocenters. The first-order valence-electron chi connectivity index (χ1n) is 15.7. The van der Waals surface area contributed by atoms with E-state index in [1.54, 1.807) is 85.1 Å². The Labute approximate surface area is 293 Å². The van der Waals surface area contributed by atoms with Gasteiger partial charge in [0.25, 0.3) is 5.91 Å². The number of aliphatic imine (C=N–C) groups is 1. The predicted molar refractivity (Wildman–Crippen MR) is 190 cm³/mol. The van der Waals surface area contributed by atoms with E-state index >= 15 is 0 Å². The number of ether oxygens (including phenoxy) is 3. The maximum Gasteiger partial charge on any atom is 0.435 e. The highest BCUT2D eigenvalue weighted by atomic mass is 16.5. The second-order valence-corrected chi connectivity index (χ2v) is 11.1. The van der Waals surface area contributed by atoms with Gasteiger partial charge in [-0.1, -0.05) is 18.2 Å². The molecule has 5 rings (SSSR count). The van der Waals surface area contributed by atoms with Gasteiger partial charge in [-0.05, 0) is 72.3 Å². The van der Waals surface area contributed by atoms with Crippen LogP contribution >= 0.6 is 0 Å². The molecule has 15 nitrogen and oxygen atoms in total. The zero-order valence-electron chi connectivity index (χ0n) is 28.2. The summed E-state index contributed by atoms with van der Waals surface area (Å²) in [4.78, 5) is 63.3. The quantitative estimate of drug-likeness (QED) is 0.0689. The minimum Gasteiger partial charge on any atom is -0.469 e. The third-order valence-corrected chi connectivity index (χ3v) is 7.75. The topological polar surface area (TPSA) is 192 Å². The van der Waals surface area contributed by atoms with Gasteiger partial charge in [0, 0.05) is 42.3 Å². The molecule has 0 spiro atoms. The van der Waals surface area contributed by atoms with Gasteiger partial charge < -0.3 is 29.8 Å². The van der Waals surface area contributed by atoms with Crippen molar-refractivity contribution in [3.05, 3.63) is 114 Å². The van der Waals surface area contributed by atoms with E-state index in [9.17, 15) is 19.2 Å². The largest absolute Gasteiger partial charge is 0.469 e. The molecule has 15 heteroatoms. The standard InChI is InChI=1S/C36H36N8O7/c1-43-29-16-11-25(34(46)44(19-17-32(45)49-2)30-6-4-5-18-38-30)20-28(29)41-31(43)21-39-26-14-9-24(10-15-26)33(37)42-36(48)51-22-23-7-12-27(13-8-23)40-35(47)50-3/h4-16,18,20,39H,17,19,21-22H2,1-3H3,(H,40,47)(H2,37,42,48). The lowest BCUT2D eigenvalue weighted by Crippen LogP contribution is -2.33. The zero-order valence-corrected chi connectivity index (χ0v) is 28.2. The number of benzene rings is 3. The summed E-state index contributed by atoms with van der Waals surface area (Å²) in [6, 6.07) is 24.2. The van der Waals surface area contributed by atoms with Crippen LogP contribution in [0.25, 0.3) is 11.0 Å². The minimum absolute atomic E-state index is 0.00298. The van der Waals surface area contributed by atoms with Gasteiger partial charge in [0.1, 0.15) is 24.1 Å². The molecule has 0 saturated carbocycles. The summed E-state index contributed by atoms with van der Waals surface area (Å²) in [5.41, 5.74) is 10.5. The number of carbonyl (C=O) groups is 4. The van der Waals surface area contributed by atoms with Crippen LogP contribution < -0.4 is 21.3 Å². The molecule has 0 radical (unpaired) electrons. The maximum absolute atomic E-state index is 13.6. The predicted octanol–water partition coefficient (Wildman–Crippen LogP) is 5.01. The number of nitrogens with zero attached hydrogens (tertiary/aromatic N) is 5. The van der Waals surface area contributed by atoms with E-state index in [4.69, 9.17) is 20.2 Å². The third kappa shape index (κ3) is 9.23. The van der Waals surface area contributed by atoms with Crippen molar-refractivity contribution in [2.75, 3.05) is 36.3 Å². The molecule has 262 valence electrons. The molecule has 51 heavy (non-hydrogen) atoms. The summed E-state index contributed by atoms with van der Waals surface area (Å²) in [5, 5.41) is 5.86. The number of pyridine rings is 1. The van der Waals surface area contributed by atoms with E-state index in [2.05, 4.69) is 25.3 Å². The van der Waals surface area contributed by atoms with Crippen molar-refractivity contribution in [2.45, 2.75) is 19.6 Å². The summed E-state index contributed by atoms with van der Waals surface area (Å²) < 4.78 is 16.5. The lowest BCUT2D eigenvalue weighted by molar-refractivity contribution is -0.140. The summed E-state index contributed by atoms with van der Waals surface area (Å²) in [7, 11) is 4.47. The highest BCUT2D eigenvalue weighted by molar-refractivity contribution is 6.07. The maximum atomic E-state index is 13.6. The Balaban J connectivity index is 1.18. The Bertz CT molecular complexity index is 2050. The van der Waals surface area contributed by atoms with Crippen LogP contribution in [0.2, 0.25) is 0 Å². The van der Waals surface area contributed by atoms with Gasteiger partial charge in [-0.15, -0.1) is 0 Å². The molecule has 4 N–H and O–H groups in total. The molecule has 0 aliphatic heterocycles. The summed E-state index contributed by atoms with van der Waals surface area (Å²) in [6.45, 7) is 0.452. The van der Waals surface area contributed by atoms with Crippen LogP contribution in [0.4, 0.5) is 26.8 Å². The van der Waals surface area contributed by atoms with Crippen LogP contribution in [0.3, 0.4) is 0 Å². The smallest absolute Gasteiger partial charge is 0.435 e. The number of methoxy groups -OCH3 is 2. The van der Waals surface area contributed by atoms with E-state index < -0.39 is 18.2 Å². The van der Waals surface area contributed by atoms with Crippen molar-refractivity contribution in [3.63, 3.8) is 0 Å². The molecule has 0 saturated heterocycles. The van der Waals surface area contributed by atoms with Crippen molar-refractivity contribution in [1.82, 2.24) is 14.5 Å². The van der Waals surface area contributed by atoms with E-state index in [1.165, 1.54) is 19.1 Å². The number of amides is 3. The monoisotopic (exact) mass is 692 g/mol. The number of nitrogens with one attached hydrogen (secondary N) is 2. The number of aryl methyl sites for hydroxylation is 1. The number of anilines is 3. The normalized spacial score (nSPS) is 11.1. The van der Waals surface area contributed by atoms with Gasteiger partial charge in [0.15, 0.2) is 0 Å². The van der Waals surface area contributed by atoms with Crippen molar-refractivity contribution in [3.8, 4) is 0 Å². The molecule has 0 atom stereocenters. The highest BCUT2D eigenvalue weighted by Crippen LogP contribution is 2.22. The van der Waals surface area contributed by atoms with Crippen LogP contribution in [-0.2, 0) is 39.2 Å². The number of nitrogens with two attached hydrogens (primary N) is 1. The number of aromatic nitrogens is 3. The number of amidine groups is 1. The number of imidazole rings is 1. The average Bonchev–Trinajstić information content (AvgIpc) is 3.48. The molecular weight excluding hydrogens is 656 g/mol. The van der Waals surface area contributed by atoms with Gasteiger partial charge in [-0.2, -0.15) is 4.99 Å². The molecule has 2 aromatic heterocycles. The first kappa shape index (κ1) is 35.5. The molecule has 3 aromatic carbocycles. The lowest BCUT2D eigenvalue weighted by Gasteiger charge is -2.21. The van der Waals surface area contributed by atoms with E-state index in [0.29, 0.717) is 40.3 Å². The number of hydrogen-bond donors (Lipinski definition) is 3. The minimum atomic E-state index is -0.844. The summed E-state index contributed by atoms with van der Waals surface area (Å²) in [5.74, 6) is 0.398. The SMILES string of the molecule is COC(=O)CCN(C(=O)c1ccc2c(c1)nc(CNc1ccc(/C(N)=N/C(=O)OCc3ccc(NC(=O)OC)cc3)cc1)n2C)c1ccccn1. The van der Waals surface area contributed by atoms with Gasteiger partial charge >= 0.3 is 18.2 Å². The molecule has 0 fully saturated rings. The van der Waals surface area contributed by atoms with Crippen molar-refractivity contribution < 1.29 is 33.4 Å². The van der Waals surface area contributed by atoms with Gasteiger partial charge in [0.2, 0.25) is 0 Å². The highest BCUT2D eigenvalue weighted by Gasteiger charge is 2.21. The van der Waals surface area contributed by atoms with Gasteiger partial charge in [0.05, 0.1) is 38.2 Å².